The van der Waals surface area contributed by atoms with Crippen LogP contribution in [0.4, 0.5) is 5.82 Å². The van der Waals surface area contributed by atoms with Gasteiger partial charge in [-0.15, -0.1) is 0 Å². The lowest BCUT2D eigenvalue weighted by Crippen LogP contribution is -2.39. The summed E-state index contributed by atoms with van der Waals surface area (Å²) in [7, 11) is 1.66. The predicted molar refractivity (Wildman–Crippen MR) is 88.6 cm³/mol. The van der Waals surface area contributed by atoms with E-state index in [0.29, 0.717) is 42.1 Å². The van der Waals surface area contributed by atoms with Gasteiger partial charge in [-0.05, 0) is 13.0 Å². The lowest BCUT2D eigenvalue weighted by molar-refractivity contribution is 0.208. The maximum atomic E-state index is 6.03. The van der Waals surface area contributed by atoms with Crippen molar-refractivity contribution in [3.63, 3.8) is 0 Å². The summed E-state index contributed by atoms with van der Waals surface area (Å²) in [6.07, 6.45) is 1.56. The average molecular weight is 334 g/mol. The smallest absolute Gasteiger partial charge is 0.191 e. The summed E-state index contributed by atoms with van der Waals surface area (Å²) in [6.45, 7) is 5.37. The number of aliphatic imine (C=N–C) groups is 1. The van der Waals surface area contributed by atoms with Gasteiger partial charge >= 0.3 is 0 Å². The van der Waals surface area contributed by atoms with Crippen molar-refractivity contribution >= 4 is 35.0 Å². The minimum absolute atomic E-state index is 0.503. The number of aromatic nitrogens is 1. The van der Waals surface area contributed by atoms with Crippen LogP contribution in [-0.2, 0) is 4.74 Å². The van der Waals surface area contributed by atoms with E-state index < -0.39 is 0 Å². The molecule has 6 nitrogen and oxygen atoms in total. The number of rotatable bonds is 8. The van der Waals surface area contributed by atoms with Gasteiger partial charge in [0.05, 0.1) is 23.2 Å². The SMILES string of the molecule is CCNC(=NCCOC)NCCNc1ncc(Cl)cc1Cl. The van der Waals surface area contributed by atoms with Gasteiger partial charge in [-0.2, -0.15) is 0 Å². The van der Waals surface area contributed by atoms with E-state index >= 15 is 0 Å². The minimum Gasteiger partial charge on any atom is -0.383 e. The Morgan fingerprint density at radius 1 is 1.33 bits per heavy atom. The Labute approximate surface area is 135 Å². The highest BCUT2D eigenvalue weighted by Gasteiger charge is 2.02. The largest absolute Gasteiger partial charge is 0.383 e. The third-order valence-corrected chi connectivity index (χ3v) is 2.92. The van der Waals surface area contributed by atoms with Crippen LogP contribution in [0.25, 0.3) is 0 Å². The van der Waals surface area contributed by atoms with Crippen molar-refractivity contribution in [2.24, 2.45) is 4.99 Å². The topological polar surface area (TPSA) is 70.6 Å². The molecular formula is C13H21Cl2N5O. The molecule has 0 fully saturated rings. The number of halogens is 2. The van der Waals surface area contributed by atoms with Crippen molar-refractivity contribution in [3.8, 4) is 0 Å². The zero-order valence-corrected chi connectivity index (χ0v) is 13.8. The highest BCUT2D eigenvalue weighted by atomic mass is 35.5. The van der Waals surface area contributed by atoms with Crippen molar-refractivity contribution < 1.29 is 4.74 Å². The number of pyridine rings is 1. The highest BCUT2D eigenvalue weighted by molar-refractivity contribution is 6.35. The summed E-state index contributed by atoms with van der Waals surface area (Å²) in [6, 6.07) is 1.65. The van der Waals surface area contributed by atoms with Crippen molar-refractivity contribution in [2.75, 3.05) is 45.2 Å². The second kappa shape index (κ2) is 10.5. The van der Waals surface area contributed by atoms with Gasteiger partial charge in [0, 0.05) is 32.9 Å². The third kappa shape index (κ3) is 7.36. The number of hydrogen-bond acceptors (Lipinski definition) is 4. The van der Waals surface area contributed by atoms with Crippen LogP contribution >= 0.6 is 23.2 Å². The molecule has 0 aliphatic rings. The van der Waals surface area contributed by atoms with Gasteiger partial charge in [0.2, 0.25) is 0 Å². The first-order chi connectivity index (χ1) is 10.2. The highest BCUT2D eigenvalue weighted by Crippen LogP contribution is 2.21. The summed E-state index contributed by atoms with van der Waals surface area (Å²) in [4.78, 5) is 8.49. The molecule has 0 aliphatic heterocycles. The zero-order chi connectivity index (χ0) is 15.5. The third-order valence-electron chi connectivity index (χ3n) is 2.43. The Balaban J connectivity index is 2.34. The summed E-state index contributed by atoms with van der Waals surface area (Å²) in [5, 5.41) is 10.5. The molecule has 118 valence electrons. The van der Waals surface area contributed by atoms with Gasteiger partial charge in [0.25, 0.3) is 0 Å². The van der Waals surface area contributed by atoms with Crippen molar-refractivity contribution in [2.45, 2.75) is 6.92 Å². The molecule has 1 aromatic rings. The molecule has 0 atom stereocenters. The minimum atomic E-state index is 0.503. The summed E-state index contributed by atoms with van der Waals surface area (Å²) in [5.74, 6) is 1.37. The Bertz CT molecular complexity index is 456. The zero-order valence-electron chi connectivity index (χ0n) is 12.2. The Morgan fingerprint density at radius 3 is 2.81 bits per heavy atom. The van der Waals surface area contributed by atoms with E-state index in [1.807, 2.05) is 6.92 Å². The monoisotopic (exact) mass is 333 g/mol. The number of nitrogens with one attached hydrogen (secondary N) is 3. The number of methoxy groups -OCH3 is 1. The second-order valence-corrected chi connectivity index (χ2v) is 4.93. The Hall–Kier alpha value is -1.24. The van der Waals surface area contributed by atoms with E-state index in [9.17, 15) is 0 Å². The molecule has 1 aromatic heterocycles. The number of anilines is 1. The Kier molecular flexibility index (Phi) is 8.89. The second-order valence-electron chi connectivity index (χ2n) is 4.09. The van der Waals surface area contributed by atoms with Gasteiger partial charge in [0.15, 0.2) is 5.96 Å². The first-order valence-electron chi connectivity index (χ1n) is 6.73. The van der Waals surface area contributed by atoms with Gasteiger partial charge in [0.1, 0.15) is 5.82 Å². The van der Waals surface area contributed by atoms with Crippen LogP contribution in [0.3, 0.4) is 0 Å². The molecular weight excluding hydrogens is 313 g/mol. The fourth-order valence-corrected chi connectivity index (χ4v) is 1.94. The first-order valence-corrected chi connectivity index (χ1v) is 7.49. The summed E-state index contributed by atoms with van der Waals surface area (Å²) < 4.78 is 4.97. The number of ether oxygens (including phenoxy) is 1. The number of nitrogens with zero attached hydrogens (tertiary/aromatic N) is 2. The Morgan fingerprint density at radius 2 is 2.14 bits per heavy atom. The molecule has 8 heteroatoms. The molecule has 1 rings (SSSR count). The lowest BCUT2D eigenvalue weighted by Gasteiger charge is -2.12. The van der Waals surface area contributed by atoms with Crippen molar-refractivity contribution in [3.05, 3.63) is 22.3 Å². The summed E-state index contributed by atoms with van der Waals surface area (Å²) >= 11 is 11.8. The molecule has 0 saturated carbocycles. The first kappa shape index (κ1) is 17.8. The molecule has 21 heavy (non-hydrogen) atoms. The van der Waals surface area contributed by atoms with Crippen LogP contribution in [0.1, 0.15) is 6.92 Å². The number of hydrogen-bond donors (Lipinski definition) is 3. The van der Waals surface area contributed by atoms with Crippen LogP contribution in [0.5, 0.6) is 0 Å². The van der Waals surface area contributed by atoms with E-state index in [1.54, 1.807) is 19.4 Å². The molecule has 0 saturated heterocycles. The van der Waals surface area contributed by atoms with E-state index in [-0.39, 0.29) is 0 Å². The quantitative estimate of drug-likeness (QED) is 0.385. The van der Waals surface area contributed by atoms with Gasteiger partial charge in [-0.3, -0.25) is 4.99 Å². The van der Waals surface area contributed by atoms with E-state index in [1.165, 1.54) is 0 Å². The fourth-order valence-electron chi connectivity index (χ4n) is 1.50. The molecule has 0 aliphatic carbocycles. The molecule has 1 heterocycles. The van der Waals surface area contributed by atoms with Crippen LogP contribution in [-0.4, -0.2) is 50.8 Å². The van der Waals surface area contributed by atoms with Crippen LogP contribution in [0.15, 0.2) is 17.3 Å². The van der Waals surface area contributed by atoms with E-state index in [2.05, 4.69) is 25.9 Å². The molecule has 0 amide bonds. The predicted octanol–water partition coefficient (Wildman–Crippen LogP) is 2.00. The maximum Gasteiger partial charge on any atom is 0.191 e. The van der Waals surface area contributed by atoms with E-state index in [0.717, 1.165) is 12.5 Å². The maximum absolute atomic E-state index is 6.03. The lowest BCUT2D eigenvalue weighted by atomic mass is 10.4. The normalized spacial score (nSPS) is 11.3. The molecule has 0 spiro atoms. The van der Waals surface area contributed by atoms with Crippen molar-refractivity contribution in [1.82, 2.24) is 15.6 Å². The molecule has 0 aromatic carbocycles. The molecule has 0 bridgehead atoms. The van der Waals surface area contributed by atoms with Crippen LogP contribution < -0.4 is 16.0 Å². The van der Waals surface area contributed by atoms with Gasteiger partial charge in [-0.25, -0.2) is 4.98 Å². The summed E-state index contributed by atoms with van der Waals surface area (Å²) in [5.41, 5.74) is 0. The molecule has 3 N–H and O–H groups in total. The van der Waals surface area contributed by atoms with Gasteiger partial charge in [-0.1, -0.05) is 23.2 Å². The fraction of sp³-hybridized carbons (Fsp3) is 0.538. The average Bonchev–Trinajstić information content (AvgIpc) is 2.45. The van der Waals surface area contributed by atoms with Gasteiger partial charge < -0.3 is 20.7 Å². The molecule has 0 unspecified atom stereocenters. The van der Waals surface area contributed by atoms with E-state index in [4.69, 9.17) is 27.9 Å². The van der Waals surface area contributed by atoms with Crippen LogP contribution in [0.2, 0.25) is 10.0 Å². The van der Waals surface area contributed by atoms with Crippen molar-refractivity contribution in [1.29, 1.82) is 0 Å². The van der Waals surface area contributed by atoms with Crippen LogP contribution in [0, 0.1) is 0 Å². The molecule has 0 radical (unpaired) electrons. The standard InChI is InChI=1S/C13H21Cl2N5O/c1-3-16-13(19-6-7-21-2)18-5-4-17-12-11(15)8-10(14)9-20-12/h8-9H,3-7H2,1-2H3,(H,17,20)(H2,16,18,19). The number of guanidine groups is 1.